The Bertz CT molecular complexity index is 1100. The number of hydrogen-bond donors (Lipinski definition) is 1. The molecule has 5 nitrogen and oxygen atoms in total. The zero-order chi connectivity index (χ0) is 22.7. The fourth-order valence-electron chi connectivity index (χ4n) is 3.62. The summed E-state index contributed by atoms with van der Waals surface area (Å²) in [6, 6.07) is 7.33. The molecule has 0 atom stereocenters. The number of carbonyl (C=O) groups is 2. The number of carbonyl (C=O) groups excluding carboxylic acids is 2. The Balaban J connectivity index is 1.74. The predicted octanol–water partition coefficient (Wildman–Crippen LogP) is 5.17. The van der Waals surface area contributed by atoms with E-state index in [2.05, 4.69) is 19.2 Å². The Labute approximate surface area is 180 Å². The Hall–Kier alpha value is -3.22. The number of furan rings is 1. The summed E-state index contributed by atoms with van der Waals surface area (Å²) in [6.45, 7) is 7.94. The number of amides is 2. The third-order valence-corrected chi connectivity index (χ3v) is 5.30. The van der Waals surface area contributed by atoms with E-state index in [9.17, 15) is 18.4 Å². The van der Waals surface area contributed by atoms with Crippen LogP contribution in [0.4, 0.5) is 14.5 Å². The Morgan fingerprint density at radius 2 is 1.84 bits per heavy atom. The van der Waals surface area contributed by atoms with Crippen molar-refractivity contribution in [3.8, 4) is 0 Å². The Morgan fingerprint density at radius 1 is 1.16 bits per heavy atom. The van der Waals surface area contributed by atoms with E-state index in [1.807, 2.05) is 19.1 Å². The van der Waals surface area contributed by atoms with Gasteiger partial charge in [0.15, 0.2) is 0 Å². The van der Waals surface area contributed by atoms with Crippen LogP contribution in [0, 0.1) is 18.6 Å². The number of likely N-dealkylation sites (N-methyl/N-ethyl adjacent to an activating group) is 1. The molecule has 1 aromatic heterocycles. The Kier molecular flexibility index (Phi) is 6.73. The molecule has 164 valence electrons. The molecule has 0 fully saturated rings. The van der Waals surface area contributed by atoms with Crippen LogP contribution in [0.2, 0.25) is 0 Å². The lowest BCUT2D eigenvalue weighted by Gasteiger charge is -2.20. The van der Waals surface area contributed by atoms with Gasteiger partial charge in [-0.05, 0) is 55.2 Å². The molecule has 0 saturated heterocycles. The fraction of sp³-hybridized carbons (Fsp3) is 0.333. The van der Waals surface area contributed by atoms with Crippen LogP contribution in [-0.2, 0) is 16.0 Å². The molecule has 0 unspecified atom stereocenters. The van der Waals surface area contributed by atoms with Gasteiger partial charge < -0.3 is 14.6 Å². The minimum absolute atomic E-state index is 0.0583. The van der Waals surface area contributed by atoms with E-state index in [4.69, 9.17) is 4.42 Å². The first kappa shape index (κ1) is 22.5. The van der Waals surface area contributed by atoms with Crippen LogP contribution in [0.3, 0.4) is 0 Å². The molecular weight excluding hydrogens is 402 g/mol. The highest BCUT2D eigenvalue weighted by Crippen LogP contribution is 2.29. The van der Waals surface area contributed by atoms with Crippen LogP contribution in [0.15, 0.2) is 41.0 Å². The first-order valence-corrected chi connectivity index (χ1v) is 10.2. The molecule has 0 bridgehead atoms. The lowest BCUT2D eigenvalue weighted by molar-refractivity contribution is -0.133. The normalized spacial score (nSPS) is 11.2. The van der Waals surface area contributed by atoms with E-state index < -0.39 is 23.2 Å². The molecule has 2 aromatic carbocycles. The molecule has 1 N–H and O–H groups in total. The second-order valence-corrected chi connectivity index (χ2v) is 7.85. The molecular formula is C24H26F2N2O3. The second-order valence-electron chi connectivity index (χ2n) is 7.85. The predicted molar refractivity (Wildman–Crippen MR) is 116 cm³/mol. The summed E-state index contributed by atoms with van der Waals surface area (Å²) < 4.78 is 33.2. The highest BCUT2D eigenvalue weighted by Gasteiger charge is 2.20. The maximum atomic E-state index is 13.8. The number of anilines is 1. The Morgan fingerprint density at radius 3 is 2.45 bits per heavy atom. The summed E-state index contributed by atoms with van der Waals surface area (Å²) in [5, 5.41) is 3.08. The van der Waals surface area contributed by atoms with Gasteiger partial charge in [0.05, 0.1) is 19.2 Å². The molecule has 7 heteroatoms. The summed E-state index contributed by atoms with van der Waals surface area (Å²) in [6.07, 6.45) is 1.62. The minimum atomic E-state index is -0.871. The van der Waals surface area contributed by atoms with Crippen LogP contribution in [0.5, 0.6) is 0 Å². The lowest BCUT2D eigenvalue weighted by Crippen LogP contribution is -2.38. The SMILES string of the molecule is CCN(CC(=O)Nc1c(F)cccc1F)C(=O)Cc1coc2cc(C)c(C(C)C)cc12. The molecule has 0 aliphatic carbocycles. The van der Waals surface area contributed by atoms with Crippen molar-refractivity contribution in [2.75, 3.05) is 18.4 Å². The molecule has 0 aliphatic heterocycles. The van der Waals surface area contributed by atoms with E-state index in [0.717, 1.165) is 28.6 Å². The number of nitrogens with one attached hydrogen (secondary N) is 1. The van der Waals surface area contributed by atoms with Gasteiger partial charge in [-0.2, -0.15) is 0 Å². The zero-order valence-corrected chi connectivity index (χ0v) is 18.1. The molecule has 0 spiro atoms. The van der Waals surface area contributed by atoms with Gasteiger partial charge in [0.25, 0.3) is 0 Å². The molecule has 2 amide bonds. The van der Waals surface area contributed by atoms with Crippen LogP contribution >= 0.6 is 0 Å². The second kappa shape index (κ2) is 9.29. The van der Waals surface area contributed by atoms with Crippen molar-refractivity contribution in [2.45, 2.75) is 40.0 Å². The average Bonchev–Trinajstić information content (AvgIpc) is 3.09. The van der Waals surface area contributed by atoms with Gasteiger partial charge in [0.1, 0.15) is 22.9 Å². The van der Waals surface area contributed by atoms with E-state index in [1.165, 1.54) is 16.5 Å². The van der Waals surface area contributed by atoms with Crippen LogP contribution in [-0.4, -0.2) is 29.8 Å². The zero-order valence-electron chi connectivity index (χ0n) is 18.1. The van der Waals surface area contributed by atoms with Crippen molar-refractivity contribution in [3.05, 3.63) is 64.9 Å². The van der Waals surface area contributed by atoms with Crippen LogP contribution < -0.4 is 5.32 Å². The summed E-state index contributed by atoms with van der Waals surface area (Å²) in [4.78, 5) is 26.5. The summed E-state index contributed by atoms with van der Waals surface area (Å²) in [5.74, 6) is -2.36. The first-order valence-electron chi connectivity index (χ1n) is 10.2. The largest absolute Gasteiger partial charge is 0.464 e. The number of nitrogens with zero attached hydrogens (tertiary/aromatic N) is 1. The quantitative estimate of drug-likeness (QED) is 0.565. The van der Waals surface area contributed by atoms with Crippen molar-refractivity contribution >= 4 is 28.5 Å². The number of hydrogen-bond acceptors (Lipinski definition) is 3. The third kappa shape index (κ3) is 4.93. The van der Waals surface area contributed by atoms with Crippen molar-refractivity contribution in [3.63, 3.8) is 0 Å². The standard InChI is InChI=1S/C24H26F2N2O3/c1-5-28(12-22(29)27-24-19(25)7-6-8-20(24)26)23(30)10-16-13-31-21-9-15(4)17(14(2)3)11-18(16)21/h6-9,11,13-14H,5,10,12H2,1-4H3,(H,27,29). The number of para-hydroxylation sites is 1. The average molecular weight is 428 g/mol. The highest BCUT2D eigenvalue weighted by atomic mass is 19.1. The van der Waals surface area contributed by atoms with Crippen molar-refractivity contribution in [1.82, 2.24) is 4.90 Å². The molecule has 3 aromatic rings. The van der Waals surface area contributed by atoms with Gasteiger partial charge in [0.2, 0.25) is 11.8 Å². The monoisotopic (exact) mass is 428 g/mol. The maximum absolute atomic E-state index is 13.8. The van der Waals surface area contributed by atoms with E-state index in [1.54, 1.807) is 13.2 Å². The van der Waals surface area contributed by atoms with Crippen LogP contribution in [0.1, 0.15) is 43.4 Å². The van der Waals surface area contributed by atoms with Gasteiger partial charge in [-0.3, -0.25) is 9.59 Å². The fourth-order valence-corrected chi connectivity index (χ4v) is 3.62. The number of rotatable bonds is 7. The highest BCUT2D eigenvalue weighted by molar-refractivity contribution is 5.95. The number of benzene rings is 2. The summed E-state index contributed by atoms with van der Waals surface area (Å²) in [5.41, 5.74) is 3.23. The molecule has 0 aliphatic rings. The van der Waals surface area contributed by atoms with Crippen LogP contribution in [0.25, 0.3) is 11.0 Å². The molecule has 1 heterocycles. The van der Waals surface area contributed by atoms with Gasteiger partial charge >= 0.3 is 0 Å². The van der Waals surface area contributed by atoms with E-state index in [0.29, 0.717) is 11.5 Å². The molecule has 0 radical (unpaired) electrons. The summed E-state index contributed by atoms with van der Waals surface area (Å²) >= 11 is 0. The first-order chi connectivity index (χ1) is 14.7. The molecule has 31 heavy (non-hydrogen) atoms. The van der Waals surface area contributed by atoms with Gasteiger partial charge in [-0.15, -0.1) is 0 Å². The lowest BCUT2D eigenvalue weighted by atomic mass is 9.95. The number of halogens is 2. The maximum Gasteiger partial charge on any atom is 0.244 e. The molecule has 0 saturated carbocycles. The number of fused-ring (bicyclic) bond motifs is 1. The van der Waals surface area contributed by atoms with E-state index in [-0.39, 0.29) is 25.4 Å². The van der Waals surface area contributed by atoms with E-state index >= 15 is 0 Å². The van der Waals surface area contributed by atoms with Crippen molar-refractivity contribution in [1.29, 1.82) is 0 Å². The van der Waals surface area contributed by atoms with Gasteiger partial charge in [0, 0.05) is 17.5 Å². The van der Waals surface area contributed by atoms with Crippen molar-refractivity contribution < 1.29 is 22.8 Å². The minimum Gasteiger partial charge on any atom is -0.464 e. The number of aryl methyl sites for hydroxylation is 1. The third-order valence-electron chi connectivity index (χ3n) is 5.30. The van der Waals surface area contributed by atoms with Crippen molar-refractivity contribution in [2.24, 2.45) is 0 Å². The topological polar surface area (TPSA) is 62.6 Å². The smallest absolute Gasteiger partial charge is 0.244 e. The summed E-state index contributed by atoms with van der Waals surface area (Å²) in [7, 11) is 0. The van der Waals surface area contributed by atoms with Gasteiger partial charge in [-0.1, -0.05) is 19.9 Å². The van der Waals surface area contributed by atoms with Gasteiger partial charge in [-0.25, -0.2) is 8.78 Å². The molecule has 3 rings (SSSR count).